The van der Waals surface area contributed by atoms with Crippen molar-refractivity contribution in [3.05, 3.63) is 66.0 Å². The van der Waals surface area contributed by atoms with Gasteiger partial charge >= 0.3 is 5.97 Å². The lowest BCUT2D eigenvalue weighted by molar-refractivity contribution is -0.149. The van der Waals surface area contributed by atoms with Crippen LogP contribution >= 0.6 is 0 Å². The second-order valence-electron chi connectivity index (χ2n) is 5.46. The molecule has 23 heavy (non-hydrogen) atoms. The zero-order chi connectivity index (χ0) is 16.1. The van der Waals surface area contributed by atoms with E-state index in [-0.39, 0.29) is 18.5 Å². The van der Waals surface area contributed by atoms with Crippen molar-refractivity contribution >= 4 is 11.9 Å². The summed E-state index contributed by atoms with van der Waals surface area (Å²) < 4.78 is 5.38. The first-order valence-electron chi connectivity index (χ1n) is 7.68. The lowest BCUT2D eigenvalue weighted by atomic mass is 10.2. The van der Waals surface area contributed by atoms with Crippen molar-refractivity contribution in [1.29, 1.82) is 0 Å². The van der Waals surface area contributed by atoms with E-state index in [9.17, 15) is 9.59 Å². The van der Waals surface area contributed by atoms with Gasteiger partial charge in [0.15, 0.2) is 0 Å². The number of aromatic nitrogens is 1. The summed E-state index contributed by atoms with van der Waals surface area (Å²) in [6.07, 6.45) is 3.00. The van der Waals surface area contributed by atoms with Crippen LogP contribution in [0.3, 0.4) is 0 Å². The van der Waals surface area contributed by atoms with Crippen LogP contribution in [0.1, 0.15) is 28.9 Å². The standard InChI is InChI=1S/C18H18N2O3/c21-17(15-9-4-5-11-19-15)20-12-6-10-16(20)18(22)23-13-14-7-2-1-3-8-14/h1-5,7-9,11,16H,6,10,12-13H2/t16-/m0/s1. The fourth-order valence-electron chi connectivity index (χ4n) is 2.72. The molecule has 1 fully saturated rings. The van der Waals surface area contributed by atoms with E-state index in [1.165, 1.54) is 0 Å². The second kappa shape index (κ2) is 7.05. The van der Waals surface area contributed by atoms with Gasteiger partial charge in [0.25, 0.3) is 5.91 Å². The van der Waals surface area contributed by atoms with Gasteiger partial charge in [-0.15, -0.1) is 0 Å². The van der Waals surface area contributed by atoms with Gasteiger partial charge in [0.05, 0.1) is 0 Å². The molecule has 5 heteroatoms. The number of hydrogen-bond donors (Lipinski definition) is 0. The Morgan fingerprint density at radius 3 is 2.65 bits per heavy atom. The van der Waals surface area contributed by atoms with Gasteiger partial charge < -0.3 is 9.64 Å². The van der Waals surface area contributed by atoms with Crippen LogP contribution in [0.2, 0.25) is 0 Å². The predicted octanol–water partition coefficient (Wildman–Crippen LogP) is 2.43. The van der Waals surface area contributed by atoms with Gasteiger partial charge in [0, 0.05) is 12.7 Å². The van der Waals surface area contributed by atoms with Crippen LogP contribution in [-0.4, -0.2) is 34.3 Å². The summed E-state index contributed by atoms with van der Waals surface area (Å²) in [7, 11) is 0. The highest BCUT2D eigenvalue weighted by Gasteiger charge is 2.36. The highest BCUT2D eigenvalue weighted by atomic mass is 16.5. The molecule has 0 radical (unpaired) electrons. The molecule has 0 unspecified atom stereocenters. The van der Waals surface area contributed by atoms with E-state index in [2.05, 4.69) is 4.98 Å². The average molecular weight is 310 g/mol. The first-order valence-corrected chi connectivity index (χ1v) is 7.68. The zero-order valence-corrected chi connectivity index (χ0v) is 12.7. The Kier molecular flexibility index (Phi) is 4.66. The van der Waals surface area contributed by atoms with E-state index in [1.54, 1.807) is 29.3 Å². The minimum absolute atomic E-state index is 0.218. The van der Waals surface area contributed by atoms with Crippen LogP contribution in [0, 0.1) is 0 Å². The third-order valence-corrected chi connectivity index (χ3v) is 3.89. The molecule has 0 aliphatic carbocycles. The molecule has 0 bridgehead atoms. The predicted molar refractivity (Wildman–Crippen MR) is 84.5 cm³/mol. The summed E-state index contributed by atoms with van der Waals surface area (Å²) in [5, 5.41) is 0. The second-order valence-corrected chi connectivity index (χ2v) is 5.46. The molecule has 0 saturated carbocycles. The number of carbonyl (C=O) groups is 2. The fourth-order valence-corrected chi connectivity index (χ4v) is 2.72. The number of pyridine rings is 1. The van der Waals surface area contributed by atoms with Gasteiger partial charge in [0.1, 0.15) is 18.3 Å². The molecule has 1 saturated heterocycles. The number of esters is 1. The maximum absolute atomic E-state index is 12.5. The highest BCUT2D eigenvalue weighted by Crippen LogP contribution is 2.21. The van der Waals surface area contributed by atoms with E-state index >= 15 is 0 Å². The van der Waals surface area contributed by atoms with Crippen LogP contribution in [0.15, 0.2) is 54.7 Å². The molecule has 1 aromatic carbocycles. The molecule has 5 nitrogen and oxygen atoms in total. The number of nitrogens with zero attached hydrogens (tertiary/aromatic N) is 2. The molecule has 3 rings (SSSR count). The largest absolute Gasteiger partial charge is 0.459 e. The third kappa shape index (κ3) is 3.56. The van der Waals surface area contributed by atoms with Crippen LogP contribution in [0.5, 0.6) is 0 Å². The molecule has 118 valence electrons. The molecule has 0 spiro atoms. The summed E-state index contributed by atoms with van der Waals surface area (Å²) in [6.45, 7) is 0.780. The number of benzene rings is 1. The number of hydrogen-bond acceptors (Lipinski definition) is 4. The van der Waals surface area contributed by atoms with Crippen molar-refractivity contribution in [2.75, 3.05) is 6.54 Å². The van der Waals surface area contributed by atoms with E-state index in [1.807, 2.05) is 30.3 Å². The van der Waals surface area contributed by atoms with Crippen molar-refractivity contribution in [3.8, 4) is 0 Å². The SMILES string of the molecule is O=C(OCc1ccccc1)[C@@H]1CCCN1C(=O)c1ccccn1. The molecule has 2 heterocycles. The Morgan fingerprint density at radius 1 is 1.13 bits per heavy atom. The monoisotopic (exact) mass is 310 g/mol. The molecule has 0 N–H and O–H groups in total. The van der Waals surface area contributed by atoms with Gasteiger partial charge in [-0.1, -0.05) is 36.4 Å². The van der Waals surface area contributed by atoms with Crippen molar-refractivity contribution in [2.24, 2.45) is 0 Å². The maximum atomic E-state index is 12.5. The molecule has 1 aromatic heterocycles. The minimum atomic E-state index is -0.520. The summed E-state index contributed by atoms with van der Waals surface area (Å²) in [5.41, 5.74) is 1.29. The quantitative estimate of drug-likeness (QED) is 0.814. The van der Waals surface area contributed by atoms with Gasteiger partial charge in [-0.2, -0.15) is 0 Å². The van der Waals surface area contributed by atoms with E-state index in [0.717, 1.165) is 12.0 Å². The average Bonchev–Trinajstić information content (AvgIpc) is 3.10. The van der Waals surface area contributed by atoms with Crippen LogP contribution in [0.4, 0.5) is 0 Å². The van der Waals surface area contributed by atoms with Gasteiger partial charge in [0.2, 0.25) is 0 Å². The molecular formula is C18H18N2O3. The Balaban J connectivity index is 1.64. The smallest absolute Gasteiger partial charge is 0.329 e. The number of ether oxygens (including phenoxy) is 1. The number of rotatable bonds is 4. The van der Waals surface area contributed by atoms with Crippen molar-refractivity contribution in [1.82, 2.24) is 9.88 Å². The van der Waals surface area contributed by atoms with E-state index in [4.69, 9.17) is 4.74 Å². The Bertz CT molecular complexity index is 673. The van der Waals surface area contributed by atoms with E-state index in [0.29, 0.717) is 18.7 Å². The molecular weight excluding hydrogens is 292 g/mol. The Hall–Kier alpha value is -2.69. The lowest BCUT2D eigenvalue weighted by Crippen LogP contribution is -2.41. The van der Waals surface area contributed by atoms with Crippen LogP contribution in [-0.2, 0) is 16.1 Å². The Morgan fingerprint density at radius 2 is 1.91 bits per heavy atom. The molecule has 1 amide bonds. The summed E-state index contributed by atoms with van der Waals surface area (Å²) >= 11 is 0. The highest BCUT2D eigenvalue weighted by molar-refractivity contribution is 5.95. The Labute approximate surface area is 134 Å². The number of amides is 1. The zero-order valence-electron chi connectivity index (χ0n) is 12.7. The lowest BCUT2D eigenvalue weighted by Gasteiger charge is -2.22. The summed E-state index contributed by atoms with van der Waals surface area (Å²) in [5.74, 6) is -0.569. The van der Waals surface area contributed by atoms with Gasteiger partial charge in [-0.05, 0) is 30.5 Å². The minimum Gasteiger partial charge on any atom is -0.459 e. The van der Waals surface area contributed by atoms with Crippen LogP contribution in [0.25, 0.3) is 0 Å². The third-order valence-electron chi connectivity index (χ3n) is 3.89. The number of likely N-dealkylation sites (tertiary alicyclic amines) is 1. The normalized spacial score (nSPS) is 17.0. The number of carbonyl (C=O) groups excluding carboxylic acids is 2. The van der Waals surface area contributed by atoms with E-state index < -0.39 is 6.04 Å². The summed E-state index contributed by atoms with van der Waals surface area (Å²) in [4.78, 5) is 30.5. The van der Waals surface area contributed by atoms with Crippen LogP contribution < -0.4 is 0 Å². The maximum Gasteiger partial charge on any atom is 0.329 e. The van der Waals surface area contributed by atoms with Gasteiger partial charge in [-0.25, -0.2) is 4.79 Å². The topological polar surface area (TPSA) is 59.5 Å². The van der Waals surface area contributed by atoms with Crippen molar-refractivity contribution < 1.29 is 14.3 Å². The fraction of sp³-hybridized carbons (Fsp3) is 0.278. The first kappa shape index (κ1) is 15.2. The van der Waals surface area contributed by atoms with Crippen molar-refractivity contribution in [2.45, 2.75) is 25.5 Å². The molecule has 1 aliphatic rings. The molecule has 1 aliphatic heterocycles. The molecule has 1 atom stereocenters. The van der Waals surface area contributed by atoms with Crippen molar-refractivity contribution in [3.63, 3.8) is 0 Å². The first-order chi connectivity index (χ1) is 11.3. The van der Waals surface area contributed by atoms with Gasteiger partial charge in [-0.3, -0.25) is 9.78 Å². The summed E-state index contributed by atoms with van der Waals surface area (Å²) in [6, 6.07) is 14.2. The molecule has 2 aromatic rings.